The summed E-state index contributed by atoms with van der Waals surface area (Å²) in [4.78, 5) is 22.9. The molecule has 0 aliphatic carbocycles. The van der Waals surface area contributed by atoms with Crippen molar-refractivity contribution in [1.82, 2.24) is 30.3 Å². The van der Waals surface area contributed by atoms with E-state index in [0.717, 1.165) is 43.5 Å². The molecule has 2 atom stereocenters. The first-order valence-electron chi connectivity index (χ1n) is 10.5. The molecule has 1 aromatic rings. The molecule has 0 saturated carbocycles. The van der Waals surface area contributed by atoms with Gasteiger partial charge in [-0.15, -0.1) is 0 Å². The van der Waals surface area contributed by atoms with Gasteiger partial charge in [0.05, 0.1) is 6.54 Å². The first kappa shape index (κ1) is 23.0. The molecule has 2 rings (SSSR count). The van der Waals surface area contributed by atoms with Gasteiger partial charge in [-0.2, -0.15) is 5.10 Å². The third kappa shape index (κ3) is 7.55. The van der Waals surface area contributed by atoms with Crippen LogP contribution in [0, 0.1) is 12.8 Å². The number of nitrogens with one attached hydrogen (secondary N) is 2. The number of nitrogens with zero attached hydrogens (tertiary/aromatic N) is 5. The lowest BCUT2D eigenvalue weighted by Crippen LogP contribution is -2.47. The molecule has 0 fully saturated rings. The third-order valence-corrected chi connectivity index (χ3v) is 4.50. The summed E-state index contributed by atoms with van der Waals surface area (Å²) in [5, 5.41) is 11.3. The van der Waals surface area contributed by atoms with Crippen molar-refractivity contribution in [3.8, 4) is 0 Å². The Kier molecular flexibility index (Phi) is 7.87. The van der Waals surface area contributed by atoms with E-state index in [1.807, 2.05) is 32.4 Å². The van der Waals surface area contributed by atoms with Crippen LogP contribution in [0.2, 0.25) is 0 Å². The number of rotatable bonds is 6. The number of carbonyl (C=O) groups is 1. The van der Waals surface area contributed by atoms with Crippen molar-refractivity contribution >= 4 is 12.1 Å². The van der Waals surface area contributed by atoms with Crippen molar-refractivity contribution in [3.05, 3.63) is 11.6 Å². The smallest absolute Gasteiger partial charge is 0.410 e. The van der Waals surface area contributed by atoms with E-state index >= 15 is 0 Å². The molecule has 9 nitrogen and oxygen atoms in total. The van der Waals surface area contributed by atoms with E-state index < -0.39 is 5.60 Å². The molecular weight excluding hydrogens is 370 g/mol. The number of aromatic nitrogens is 3. The Bertz CT molecular complexity index is 708. The molecule has 2 unspecified atom stereocenters. The second-order valence-corrected chi connectivity index (χ2v) is 8.82. The maximum atomic E-state index is 12.1. The zero-order chi connectivity index (χ0) is 21.6. The summed E-state index contributed by atoms with van der Waals surface area (Å²) in [5.41, 5.74) is -0.489. The molecule has 1 amide bonds. The average Bonchev–Trinajstić information content (AvgIpc) is 2.97. The lowest BCUT2D eigenvalue weighted by molar-refractivity contribution is 0.0279. The summed E-state index contributed by atoms with van der Waals surface area (Å²) >= 11 is 0. The zero-order valence-corrected chi connectivity index (χ0v) is 18.9. The Morgan fingerprint density at radius 1 is 1.45 bits per heavy atom. The number of amides is 1. The van der Waals surface area contributed by atoms with Crippen LogP contribution in [-0.4, -0.2) is 70.0 Å². The SMILES string of the molecule is CCNC(=NCC(C)CN(C)C(=O)OC(C)(C)C)NC1CCc2nc(C)nn2C1. The number of hydrogen-bond acceptors (Lipinski definition) is 5. The minimum Gasteiger partial charge on any atom is -0.444 e. The van der Waals surface area contributed by atoms with Gasteiger partial charge in [0.2, 0.25) is 0 Å². The number of guanidine groups is 1. The van der Waals surface area contributed by atoms with Crippen LogP contribution < -0.4 is 10.6 Å². The Labute approximate surface area is 174 Å². The van der Waals surface area contributed by atoms with E-state index in [1.165, 1.54) is 0 Å². The average molecular weight is 408 g/mol. The van der Waals surface area contributed by atoms with E-state index in [4.69, 9.17) is 9.73 Å². The van der Waals surface area contributed by atoms with E-state index in [0.29, 0.717) is 13.1 Å². The molecule has 0 aromatic carbocycles. The fourth-order valence-electron chi connectivity index (χ4n) is 3.25. The summed E-state index contributed by atoms with van der Waals surface area (Å²) < 4.78 is 7.39. The van der Waals surface area contributed by atoms with Gasteiger partial charge < -0.3 is 20.3 Å². The standard InChI is InChI=1S/C20H37N7O2/c1-8-21-18(24-16-9-10-17-23-15(3)25-27(17)13-16)22-11-14(2)12-26(7)19(28)29-20(4,5)6/h14,16H,8-13H2,1-7H3,(H2,21,22,24). The van der Waals surface area contributed by atoms with Crippen molar-refractivity contribution in [2.75, 3.05) is 26.7 Å². The minimum atomic E-state index is -0.489. The van der Waals surface area contributed by atoms with Gasteiger partial charge in [-0.05, 0) is 47.0 Å². The van der Waals surface area contributed by atoms with Crippen molar-refractivity contribution in [2.24, 2.45) is 10.9 Å². The van der Waals surface area contributed by atoms with Crippen molar-refractivity contribution < 1.29 is 9.53 Å². The molecule has 164 valence electrons. The van der Waals surface area contributed by atoms with Crippen LogP contribution in [0.25, 0.3) is 0 Å². The fourth-order valence-corrected chi connectivity index (χ4v) is 3.25. The van der Waals surface area contributed by atoms with Crippen molar-refractivity contribution in [3.63, 3.8) is 0 Å². The van der Waals surface area contributed by atoms with Gasteiger partial charge in [0.25, 0.3) is 0 Å². The molecule has 0 saturated heterocycles. The third-order valence-electron chi connectivity index (χ3n) is 4.50. The molecule has 1 aromatic heterocycles. The van der Waals surface area contributed by atoms with Gasteiger partial charge in [-0.1, -0.05) is 6.92 Å². The van der Waals surface area contributed by atoms with Crippen LogP contribution >= 0.6 is 0 Å². The number of fused-ring (bicyclic) bond motifs is 1. The number of hydrogen-bond donors (Lipinski definition) is 2. The Morgan fingerprint density at radius 3 is 2.83 bits per heavy atom. The lowest BCUT2D eigenvalue weighted by Gasteiger charge is -2.27. The summed E-state index contributed by atoms with van der Waals surface area (Å²) in [7, 11) is 1.76. The molecule has 2 N–H and O–H groups in total. The largest absolute Gasteiger partial charge is 0.444 e. The predicted molar refractivity (Wildman–Crippen MR) is 114 cm³/mol. The van der Waals surface area contributed by atoms with Crippen LogP contribution in [0.1, 0.15) is 52.7 Å². The maximum Gasteiger partial charge on any atom is 0.410 e. The van der Waals surface area contributed by atoms with Crippen molar-refractivity contribution in [2.45, 2.75) is 72.6 Å². The van der Waals surface area contributed by atoms with Gasteiger partial charge >= 0.3 is 6.09 Å². The highest BCUT2D eigenvalue weighted by Crippen LogP contribution is 2.13. The van der Waals surface area contributed by atoms with Gasteiger partial charge in [-0.3, -0.25) is 4.99 Å². The number of aryl methyl sites for hydroxylation is 2. The van der Waals surface area contributed by atoms with Gasteiger partial charge in [-0.25, -0.2) is 14.5 Å². The molecule has 0 bridgehead atoms. The van der Waals surface area contributed by atoms with E-state index in [2.05, 4.69) is 34.6 Å². The highest BCUT2D eigenvalue weighted by molar-refractivity contribution is 5.80. The zero-order valence-electron chi connectivity index (χ0n) is 18.9. The topological polar surface area (TPSA) is 96.7 Å². The molecule has 0 spiro atoms. The van der Waals surface area contributed by atoms with E-state index in [-0.39, 0.29) is 18.1 Å². The van der Waals surface area contributed by atoms with Crippen molar-refractivity contribution in [1.29, 1.82) is 0 Å². The number of aliphatic imine (C=N–C) groups is 1. The molecule has 9 heteroatoms. The molecule has 29 heavy (non-hydrogen) atoms. The quantitative estimate of drug-likeness (QED) is 0.553. The van der Waals surface area contributed by atoms with E-state index in [9.17, 15) is 4.79 Å². The molecule has 0 radical (unpaired) electrons. The second-order valence-electron chi connectivity index (χ2n) is 8.82. The number of carbonyl (C=O) groups excluding carboxylic acids is 1. The lowest BCUT2D eigenvalue weighted by atomic mass is 10.1. The summed E-state index contributed by atoms with van der Waals surface area (Å²) in [5.74, 6) is 2.88. The number of ether oxygens (including phenoxy) is 1. The fraction of sp³-hybridized carbons (Fsp3) is 0.800. The van der Waals surface area contributed by atoms with Crippen LogP contribution in [0.3, 0.4) is 0 Å². The Hall–Kier alpha value is -2.32. The molecular formula is C20H37N7O2. The normalized spacial score (nSPS) is 18.0. The van der Waals surface area contributed by atoms with E-state index in [1.54, 1.807) is 11.9 Å². The van der Waals surface area contributed by atoms with Crippen LogP contribution in [0.5, 0.6) is 0 Å². The summed E-state index contributed by atoms with van der Waals surface area (Å²) in [6.45, 7) is 14.5. The summed E-state index contributed by atoms with van der Waals surface area (Å²) in [6.07, 6.45) is 1.61. The van der Waals surface area contributed by atoms with Gasteiger partial charge in [0.15, 0.2) is 5.96 Å². The Morgan fingerprint density at radius 2 is 2.17 bits per heavy atom. The summed E-state index contributed by atoms with van der Waals surface area (Å²) in [6, 6.07) is 0.265. The minimum absolute atomic E-state index is 0.207. The van der Waals surface area contributed by atoms with Gasteiger partial charge in [0, 0.05) is 39.1 Å². The molecule has 1 aliphatic rings. The first-order chi connectivity index (χ1) is 13.6. The predicted octanol–water partition coefficient (Wildman–Crippen LogP) is 1.96. The highest BCUT2D eigenvalue weighted by Gasteiger charge is 2.22. The second kappa shape index (κ2) is 9.93. The Balaban J connectivity index is 1.87. The monoisotopic (exact) mass is 407 g/mol. The first-order valence-corrected chi connectivity index (χ1v) is 10.5. The van der Waals surface area contributed by atoms with Crippen LogP contribution in [0.4, 0.5) is 4.79 Å². The molecule has 2 heterocycles. The van der Waals surface area contributed by atoms with Gasteiger partial charge in [0.1, 0.15) is 17.2 Å². The highest BCUT2D eigenvalue weighted by atomic mass is 16.6. The molecule has 1 aliphatic heterocycles. The van der Waals surface area contributed by atoms with Crippen LogP contribution in [-0.2, 0) is 17.7 Å². The van der Waals surface area contributed by atoms with Crippen LogP contribution in [0.15, 0.2) is 4.99 Å². The maximum absolute atomic E-state index is 12.1.